The van der Waals surface area contributed by atoms with Crippen molar-refractivity contribution in [3.8, 4) is 11.5 Å². The number of hydrogen-bond acceptors (Lipinski definition) is 6. The number of hydrogen-bond donors (Lipinski definition) is 1. The number of halogens is 2. The summed E-state index contributed by atoms with van der Waals surface area (Å²) in [5, 5.41) is 16.2. The largest absolute Gasteiger partial charge is 0.493 e. The van der Waals surface area contributed by atoms with E-state index in [1.165, 1.54) is 7.11 Å². The Morgan fingerprint density at radius 3 is 2.58 bits per heavy atom. The number of anilines is 1. The van der Waals surface area contributed by atoms with Crippen molar-refractivity contribution in [2.75, 3.05) is 26.0 Å². The Morgan fingerprint density at radius 1 is 1.14 bits per heavy atom. The zero-order valence-electron chi connectivity index (χ0n) is 19.5. The van der Waals surface area contributed by atoms with E-state index in [0.717, 1.165) is 5.56 Å². The fourth-order valence-corrected chi connectivity index (χ4v) is 5.90. The molecule has 2 heterocycles. The van der Waals surface area contributed by atoms with E-state index in [9.17, 15) is 14.9 Å². The first-order chi connectivity index (χ1) is 17.3. The summed E-state index contributed by atoms with van der Waals surface area (Å²) in [6.45, 7) is 0.436. The van der Waals surface area contributed by atoms with Gasteiger partial charge in [0.1, 0.15) is 6.61 Å². The molecule has 0 aromatic heterocycles. The molecule has 0 bridgehead atoms. The number of amides is 1. The van der Waals surface area contributed by atoms with Crippen LogP contribution in [0.1, 0.15) is 22.6 Å². The Hall–Kier alpha value is -3.33. The summed E-state index contributed by atoms with van der Waals surface area (Å²) in [4.78, 5) is 27.2. The molecule has 1 saturated heterocycles. The molecule has 5 rings (SSSR count). The lowest BCUT2D eigenvalue weighted by Gasteiger charge is -2.30. The first-order valence-electron chi connectivity index (χ1n) is 11.3. The first-order valence-corrected chi connectivity index (χ1v) is 12.0. The smallest absolute Gasteiger partial charge is 0.256 e. The van der Waals surface area contributed by atoms with Crippen LogP contribution in [0.5, 0.6) is 11.5 Å². The molecule has 0 unspecified atom stereocenters. The number of para-hydroxylation sites is 1. The van der Waals surface area contributed by atoms with Crippen molar-refractivity contribution in [2.45, 2.75) is 24.1 Å². The summed E-state index contributed by atoms with van der Waals surface area (Å²) in [5.41, 5.74) is 1.11. The molecule has 10 heteroatoms. The molecular formula is C26H23Cl2N3O5. The molecule has 1 spiro atoms. The second-order valence-electron chi connectivity index (χ2n) is 8.90. The second-order valence-corrected chi connectivity index (χ2v) is 9.71. The molecule has 3 atom stereocenters. The second kappa shape index (κ2) is 9.28. The van der Waals surface area contributed by atoms with Gasteiger partial charge in [0.25, 0.3) is 11.9 Å². The maximum Gasteiger partial charge on any atom is 0.256 e. The number of carbonyl (C=O) groups is 1. The highest BCUT2D eigenvalue weighted by atomic mass is 35.5. The van der Waals surface area contributed by atoms with Crippen LogP contribution in [0.3, 0.4) is 0 Å². The highest BCUT2D eigenvalue weighted by Crippen LogP contribution is 2.53. The average Bonchev–Trinajstić information content (AvgIpc) is 3.33. The van der Waals surface area contributed by atoms with E-state index in [0.29, 0.717) is 33.3 Å². The fourth-order valence-electron chi connectivity index (χ4n) is 5.44. The standard InChI is InChI=1S/C26H23Cl2N3O5/c1-30-13-17(24(31(33)34)26(30)18-8-4-6-10-21(18)29-25(26)32)16-11-20(28)23(22(12-16)35-2)36-14-15-7-3-5-9-19(15)27/h3-12,17,24H,13-14H2,1-2H3,(H,29,32)/t17-,24+,26+/m0/s1. The number of likely N-dealkylation sites (tertiary alicyclic amines) is 1. The Kier molecular flexibility index (Phi) is 6.28. The van der Waals surface area contributed by atoms with E-state index in [1.807, 2.05) is 18.2 Å². The average molecular weight is 528 g/mol. The number of rotatable bonds is 6. The number of nitrogens with zero attached hydrogens (tertiary/aromatic N) is 2. The van der Waals surface area contributed by atoms with Crippen LogP contribution in [0.25, 0.3) is 0 Å². The van der Waals surface area contributed by atoms with Crippen molar-refractivity contribution in [3.05, 3.63) is 97.5 Å². The Balaban J connectivity index is 1.54. The van der Waals surface area contributed by atoms with Crippen LogP contribution in [0.15, 0.2) is 60.7 Å². The molecule has 1 amide bonds. The van der Waals surface area contributed by atoms with Crippen LogP contribution in [0.2, 0.25) is 10.0 Å². The summed E-state index contributed by atoms with van der Waals surface area (Å²) in [6.07, 6.45) is 0. The Morgan fingerprint density at radius 2 is 1.86 bits per heavy atom. The van der Waals surface area contributed by atoms with Crippen LogP contribution in [-0.2, 0) is 16.9 Å². The number of carbonyl (C=O) groups excluding carboxylic acids is 1. The normalized spacial score (nSPS) is 22.9. The van der Waals surface area contributed by atoms with Gasteiger partial charge < -0.3 is 14.8 Å². The maximum absolute atomic E-state index is 13.3. The monoisotopic (exact) mass is 527 g/mol. The molecular weight excluding hydrogens is 505 g/mol. The highest BCUT2D eigenvalue weighted by Gasteiger charge is 2.68. The molecule has 186 valence electrons. The third-order valence-corrected chi connectivity index (χ3v) is 7.70. The first kappa shape index (κ1) is 24.4. The molecule has 2 aliphatic heterocycles. The summed E-state index contributed by atoms with van der Waals surface area (Å²) < 4.78 is 11.5. The van der Waals surface area contributed by atoms with Crippen molar-refractivity contribution in [2.24, 2.45) is 0 Å². The number of nitrogens with one attached hydrogen (secondary N) is 1. The topological polar surface area (TPSA) is 93.9 Å². The van der Waals surface area contributed by atoms with Gasteiger partial charge in [-0.25, -0.2) is 0 Å². The van der Waals surface area contributed by atoms with E-state index >= 15 is 0 Å². The van der Waals surface area contributed by atoms with Gasteiger partial charge in [-0.05, 0) is 36.9 Å². The number of likely N-dealkylation sites (N-methyl/N-ethyl adjacent to an activating group) is 1. The lowest BCUT2D eigenvalue weighted by molar-refractivity contribution is -0.534. The summed E-state index contributed by atoms with van der Waals surface area (Å²) in [7, 11) is 3.21. The Labute approximate surface area is 217 Å². The summed E-state index contributed by atoms with van der Waals surface area (Å²) in [5.74, 6) is -0.392. The van der Waals surface area contributed by atoms with Crippen LogP contribution < -0.4 is 14.8 Å². The number of ether oxygens (including phenoxy) is 2. The number of benzene rings is 3. The van der Waals surface area contributed by atoms with Crippen molar-refractivity contribution < 1.29 is 19.2 Å². The van der Waals surface area contributed by atoms with E-state index in [4.69, 9.17) is 32.7 Å². The van der Waals surface area contributed by atoms with Crippen LogP contribution in [0, 0.1) is 10.1 Å². The third kappa shape index (κ3) is 3.68. The number of fused-ring (bicyclic) bond motifs is 2. The molecule has 0 radical (unpaired) electrons. The quantitative estimate of drug-likeness (QED) is 0.354. The summed E-state index contributed by atoms with van der Waals surface area (Å²) in [6, 6.07) is 16.5. The SMILES string of the molecule is COc1cc([C@@H]2CN(C)[C@@]3(C(=O)Nc4ccccc43)[C@@H]2[N+](=O)[O-])cc(Cl)c1OCc1ccccc1Cl. The summed E-state index contributed by atoms with van der Waals surface area (Å²) >= 11 is 12.9. The fraction of sp³-hybridized carbons (Fsp3) is 0.269. The van der Waals surface area contributed by atoms with Gasteiger partial charge >= 0.3 is 0 Å². The van der Waals surface area contributed by atoms with Gasteiger partial charge in [0, 0.05) is 33.3 Å². The zero-order valence-corrected chi connectivity index (χ0v) is 21.0. The molecule has 0 aliphatic carbocycles. The van der Waals surface area contributed by atoms with Gasteiger partial charge in [-0.1, -0.05) is 59.6 Å². The van der Waals surface area contributed by atoms with E-state index < -0.39 is 23.4 Å². The molecule has 0 saturated carbocycles. The van der Waals surface area contributed by atoms with Crippen molar-refractivity contribution in [3.63, 3.8) is 0 Å². The van der Waals surface area contributed by atoms with Crippen LogP contribution in [-0.4, -0.2) is 42.5 Å². The minimum atomic E-state index is -1.44. The predicted octanol–water partition coefficient (Wildman–Crippen LogP) is 5.10. The highest BCUT2D eigenvalue weighted by molar-refractivity contribution is 6.32. The van der Waals surface area contributed by atoms with Crippen molar-refractivity contribution in [1.82, 2.24) is 4.90 Å². The van der Waals surface area contributed by atoms with Gasteiger partial charge in [0.15, 0.2) is 17.0 Å². The molecule has 36 heavy (non-hydrogen) atoms. The Bertz CT molecular complexity index is 1370. The van der Waals surface area contributed by atoms with E-state index in [1.54, 1.807) is 54.4 Å². The van der Waals surface area contributed by atoms with Gasteiger partial charge in [0.2, 0.25) is 0 Å². The lowest BCUT2D eigenvalue weighted by atomic mass is 9.79. The van der Waals surface area contributed by atoms with Gasteiger partial charge in [-0.15, -0.1) is 0 Å². The zero-order chi connectivity index (χ0) is 25.6. The van der Waals surface area contributed by atoms with Gasteiger partial charge in [-0.3, -0.25) is 19.8 Å². The molecule has 3 aromatic rings. The minimum Gasteiger partial charge on any atom is -0.493 e. The number of methoxy groups -OCH3 is 1. The van der Waals surface area contributed by atoms with Crippen molar-refractivity contribution >= 4 is 34.8 Å². The van der Waals surface area contributed by atoms with Gasteiger partial charge in [0.05, 0.1) is 18.1 Å². The molecule has 3 aromatic carbocycles. The number of nitro groups is 1. The molecule has 1 fully saturated rings. The van der Waals surface area contributed by atoms with Gasteiger partial charge in [-0.2, -0.15) is 0 Å². The molecule has 1 N–H and O–H groups in total. The minimum absolute atomic E-state index is 0.166. The van der Waals surface area contributed by atoms with E-state index in [-0.39, 0.29) is 23.1 Å². The lowest BCUT2D eigenvalue weighted by Crippen LogP contribution is -2.54. The molecule has 2 aliphatic rings. The van der Waals surface area contributed by atoms with Crippen LogP contribution in [0.4, 0.5) is 5.69 Å². The van der Waals surface area contributed by atoms with Crippen molar-refractivity contribution in [1.29, 1.82) is 0 Å². The predicted molar refractivity (Wildman–Crippen MR) is 137 cm³/mol. The molecule has 8 nitrogen and oxygen atoms in total. The van der Waals surface area contributed by atoms with E-state index in [2.05, 4.69) is 5.32 Å². The maximum atomic E-state index is 13.3. The van der Waals surface area contributed by atoms with Crippen LogP contribution >= 0.6 is 23.2 Å². The third-order valence-electron chi connectivity index (χ3n) is 7.05.